The van der Waals surface area contributed by atoms with Gasteiger partial charge in [-0.05, 0) is 29.8 Å². The minimum atomic E-state index is -4.44. The van der Waals surface area contributed by atoms with Gasteiger partial charge in [-0.25, -0.2) is 16.8 Å². The summed E-state index contributed by atoms with van der Waals surface area (Å²) in [6.45, 7) is 0.952. The normalized spacial score (nSPS) is 15.8. The maximum absolute atomic E-state index is 13.1. The Morgan fingerprint density at radius 3 is 2.10 bits per heavy atom. The fourth-order valence-corrected chi connectivity index (χ4v) is 7.06. The van der Waals surface area contributed by atoms with E-state index in [9.17, 15) is 34.8 Å². The summed E-state index contributed by atoms with van der Waals surface area (Å²) in [6, 6.07) is 11.1. The molecule has 0 unspecified atom stereocenters. The van der Waals surface area contributed by atoms with Gasteiger partial charge in [-0.2, -0.15) is 17.5 Å². The van der Waals surface area contributed by atoms with Gasteiger partial charge < -0.3 is 9.15 Å². The standard InChI is InChI=1S/C25H25F3N2O7S2/c1-38(32,33)23-4-2-3-5-24(23)39(34,35)30-12-10-29(11-13-30)15-20-14-21(31)22(17-36-20)37-16-18-6-8-19(9-7-18)25(26,27)28/h2-9,14,17H,10-13,15-16H2,1H3. The molecule has 2 aromatic carbocycles. The highest BCUT2D eigenvalue weighted by atomic mass is 32.2. The van der Waals surface area contributed by atoms with Crippen molar-refractivity contribution in [3.8, 4) is 5.75 Å². The SMILES string of the molecule is CS(=O)(=O)c1ccccc1S(=O)(=O)N1CCN(Cc2cc(=O)c(OCc3ccc(C(F)(F)F)cc3)co2)CC1. The van der Waals surface area contributed by atoms with Gasteiger partial charge in [-0.3, -0.25) is 9.69 Å². The third-order valence-corrected chi connectivity index (χ3v) is 9.35. The smallest absolute Gasteiger partial charge is 0.416 e. The maximum Gasteiger partial charge on any atom is 0.416 e. The number of halogens is 3. The Morgan fingerprint density at radius 2 is 1.54 bits per heavy atom. The third-order valence-electron chi connectivity index (χ3n) is 6.11. The van der Waals surface area contributed by atoms with Crippen LogP contribution in [0.25, 0.3) is 0 Å². The Labute approximate surface area is 223 Å². The Balaban J connectivity index is 1.34. The van der Waals surface area contributed by atoms with Gasteiger partial charge in [0.1, 0.15) is 23.5 Å². The molecule has 1 aromatic heterocycles. The number of rotatable bonds is 8. The third kappa shape index (κ3) is 6.87. The molecule has 210 valence electrons. The molecule has 1 saturated heterocycles. The minimum Gasteiger partial charge on any atom is -0.482 e. The second-order valence-corrected chi connectivity index (χ2v) is 12.8. The molecule has 1 aliphatic rings. The molecule has 0 radical (unpaired) electrons. The molecule has 3 aromatic rings. The van der Waals surface area contributed by atoms with Gasteiger partial charge in [-0.1, -0.05) is 24.3 Å². The van der Waals surface area contributed by atoms with Gasteiger partial charge in [0.15, 0.2) is 9.84 Å². The first kappa shape index (κ1) is 28.8. The van der Waals surface area contributed by atoms with Crippen LogP contribution in [0, 0.1) is 0 Å². The zero-order valence-electron chi connectivity index (χ0n) is 20.7. The van der Waals surface area contributed by atoms with E-state index in [-0.39, 0.29) is 41.8 Å². The lowest BCUT2D eigenvalue weighted by atomic mass is 10.1. The molecule has 0 atom stereocenters. The summed E-state index contributed by atoms with van der Waals surface area (Å²) in [7, 11) is -7.79. The lowest BCUT2D eigenvalue weighted by molar-refractivity contribution is -0.137. The molecule has 0 spiro atoms. The van der Waals surface area contributed by atoms with Crippen LogP contribution in [0.15, 0.2) is 79.9 Å². The molecule has 0 amide bonds. The molecule has 0 aliphatic carbocycles. The number of nitrogens with zero attached hydrogens (tertiary/aromatic N) is 2. The van der Waals surface area contributed by atoms with Crippen molar-refractivity contribution in [1.29, 1.82) is 0 Å². The van der Waals surface area contributed by atoms with Crippen molar-refractivity contribution in [3.63, 3.8) is 0 Å². The van der Waals surface area contributed by atoms with Gasteiger partial charge in [0.05, 0.1) is 17.0 Å². The van der Waals surface area contributed by atoms with Crippen LogP contribution in [0.4, 0.5) is 13.2 Å². The summed E-state index contributed by atoms with van der Waals surface area (Å²) in [5, 5.41) is 0. The number of alkyl halides is 3. The average Bonchev–Trinajstić information content (AvgIpc) is 2.88. The van der Waals surface area contributed by atoms with Crippen LogP contribution in [-0.2, 0) is 39.2 Å². The van der Waals surface area contributed by atoms with E-state index >= 15 is 0 Å². The first-order valence-electron chi connectivity index (χ1n) is 11.7. The molecule has 14 heteroatoms. The topological polar surface area (TPSA) is 114 Å². The fourth-order valence-electron chi connectivity index (χ4n) is 4.03. The van der Waals surface area contributed by atoms with E-state index in [2.05, 4.69) is 0 Å². The van der Waals surface area contributed by atoms with Crippen LogP contribution >= 0.6 is 0 Å². The summed E-state index contributed by atoms with van der Waals surface area (Å²) in [4.78, 5) is 13.8. The quantitative estimate of drug-likeness (QED) is 0.396. The first-order chi connectivity index (χ1) is 18.2. The number of piperazine rings is 1. The molecule has 9 nitrogen and oxygen atoms in total. The summed E-state index contributed by atoms with van der Waals surface area (Å²) in [5.74, 6) is 0.222. The number of hydrogen-bond donors (Lipinski definition) is 0. The highest BCUT2D eigenvalue weighted by Gasteiger charge is 2.32. The highest BCUT2D eigenvalue weighted by Crippen LogP contribution is 2.29. The molecule has 1 aliphatic heterocycles. The van der Waals surface area contributed by atoms with Crippen molar-refractivity contribution in [3.05, 3.63) is 88.0 Å². The lowest BCUT2D eigenvalue weighted by Crippen LogP contribution is -2.48. The van der Waals surface area contributed by atoms with Crippen molar-refractivity contribution < 1.29 is 39.2 Å². The lowest BCUT2D eigenvalue weighted by Gasteiger charge is -2.33. The summed E-state index contributed by atoms with van der Waals surface area (Å²) < 4.78 is 101. The van der Waals surface area contributed by atoms with Crippen molar-refractivity contribution in [2.24, 2.45) is 0 Å². The van der Waals surface area contributed by atoms with E-state index < -0.39 is 37.0 Å². The Morgan fingerprint density at radius 1 is 0.923 bits per heavy atom. The largest absolute Gasteiger partial charge is 0.482 e. The van der Waals surface area contributed by atoms with Crippen LogP contribution < -0.4 is 10.2 Å². The number of benzene rings is 2. The van der Waals surface area contributed by atoms with Gasteiger partial charge in [-0.15, -0.1) is 0 Å². The van der Waals surface area contributed by atoms with Crippen molar-refractivity contribution >= 4 is 19.9 Å². The van der Waals surface area contributed by atoms with E-state index in [1.165, 1.54) is 46.8 Å². The Bertz CT molecular complexity index is 1600. The molecule has 1 fully saturated rings. The van der Waals surface area contributed by atoms with E-state index in [1.54, 1.807) is 0 Å². The van der Waals surface area contributed by atoms with Crippen LogP contribution in [0.1, 0.15) is 16.9 Å². The van der Waals surface area contributed by atoms with Gasteiger partial charge in [0, 0.05) is 38.5 Å². The number of sulfonamides is 1. The molecule has 0 N–H and O–H groups in total. The Kier molecular flexibility index (Phi) is 8.21. The van der Waals surface area contributed by atoms with E-state index in [0.717, 1.165) is 24.7 Å². The first-order valence-corrected chi connectivity index (χ1v) is 15.0. The van der Waals surface area contributed by atoms with E-state index in [4.69, 9.17) is 9.15 Å². The van der Waals surface area contributed by atoms with Crippen LogP contribution in [-0.4, -0.2) is 58.5 Å². The molecule has 0 bridgehead atoms. The maximum atomic E-state index is 13.1. The molecular weight excluding hydrogens is 561 g/mol. The molecule has 39 heavy (non-hydrogen) atoms. The van der Waals surface area contributed by atoms with Gasteiger partial charge >= 0.3 is 6.18 Å². The van der Waals surface area contributed by atoms with Crippen molar-refractivity contribution in [2.45, 2.75) is 29.1 Å². The summed E-state index contributed by atoms with van der Waals surface area (Å²) in [6.07, 6.45) is -2.36. The second kappa shape index (κ2) is 11.1. The monoisotopic (exact) mass is 586 g/mol. The average molecular weight is 587 g/mol. The van der Waals surface area contributed by atoms with Crippen LogP contribution in [0.3, 0.4) is 0 Å². The summed E-state index contributed by atoms with van der Waals surface area (Å²) in [5.41, 5.74) is -0.813. The number of sulfone groups is 1. The summed E-state index contributed by atoms with van der Waals surface area (Å²) >= 11 is 0. The number of ether oxygens (including phenoxy) is 1. The predicted octanol–water partition coefficient (Wildman–Crippen LogP) is 3.15. The fraction of sp³-hybridized carbons (Fsp3) is 0.320. The molecule has 4 rings (SSSR count). The molecular formula is C25H25F3N2O7S2. The van der Waals surface area contributed by atoms with Crippen molar-refractivity contribution in [2.75, 3.05) is 32.4 Å². The second-order valence-electron chi connectivity index (χ2n) is 8.96. The van der Waals surface area contributed by atoms with Crippen LogP contribution in [0.2, 0.25) is 0 Å². The Hall–Kier alpha value is -3.20. The molecule has 0 saturated carbocycles. The van der Waals surface area contributed by atoms with Gasteiger partial charge in [0.25, 0.3) is 0 Å². The minimum absolute atomic E-state index is 0.0981. The van der Waals surface area contributed by atoms with Crippen LogP contribution in [0.5, 0.6) is 5.75 Å². The zero-order valence-corrected chi connectivity index (χ0v) is 22.4. The van der Waals surface area contributed by atoms with E-state index in [1.807, 2.05) is 4.90 Å². The molecule has 2 heterocycles. The number of hydrogen-bond acceptors (Lipinski definition) is 8. The highest BCUT2D eigenvalue weighted by molar-refractivity contribution is 7.93. The zero-order chi connectivity index (χ0) is 28.4. The predicted molar refractivity (Wildman–Crippen MR) is 134 cm³/mol. The van der Waals surface area contributed by atoms with E-state index in [0.29, 0.717) is 24.4 Å². The van der Waals surface area contributed by atoms with Gasteiger partial charge in [0.2, 0.25) is 21.2 Å². The van der Waals surface area contributed by atoms with Crippen molar-refractivity contribution in [1.82, 2.24) is 9.21 Å².